The van der Waals surface area contributed by atoms with E-state index in [0.29, 0.717) is 13.2 Å². The third kappa shape index (κ3) is 10.7. The number of benzene rings is 2. The number of hydrogen-bond acceptors (Lipinski definition) is 8. The summed E-state index contributed by atoms with van der Waals surface area (Å²) in [5, 5.41) is 0. The summed E-state index contributed by atoms with van der Waals surface area (Å²) in [6, 6.07) is 21.8. The van der Waals surface area contributed by atoms with Crippen molar-refractivity contribution in [3.63, 3.8) is 0 Å². The lowest BCUT2D eigenvalue weighted by Crippen LogP contribution is -2.42. The largest absolute Gasteiger partial charge is 0.500 e. The van der Waals surface area contributed by atoms with E-state index in [-0.39, 0.29) is 12.1 Å². The molecule has 0 fully saturated rings. The van der Waals surface area contributed by atoms with Crippen molar-refractivity contribution in [1.82, 2.24) is 0 Å². The second kappa shape index (κ2) is 19.6. The van der Waals surface area contributed by atoms with E-state index in [0.717, 1.165) is 42.9 Å². The van der Waals surface area contributed by atoms with Crippen molar-refractivity contribution in [2.75, 3.05) is 46.0 Å². The zero-order valence-corrected chi connectivity index (χ0v) is 30.4. The van der Waals surface area contributed by atoms with E-state index in [1.165, 1.54) is 68.2 Å². The minimum absolute atomic E-state index is 0.0236. The first-order valence-electron chi connectivity index (χ1n) is 17.3. The molecule has 0 saturated carbocycles. The third-order valence-corrected chi connectivity index (χ3v) is 13.3. The van der Waals surface area contributed by atoms with Gasteiger partial charge in [-0.05, 0) is 48.8 Å². The molecule has 2 atom stereocenters. The summed E-state index contributed by atoms with van der Waals surface area (Å²) in [5.41, 5.74) is 1.93. The fraction of sp³-hybridized carbons (Fsp3) is 0.622. The molecule has 2 heterocycles. The first-order chi connectivity index (χ1) is 22.5. The van der Waals surface area contributed by atoms with Gasteiger partial charge in [-0.25, -0.2) is 9.98 Å². The average Bonchev–Trinajstić information content (AvgIpc) is 3.81. The summed E-state index contributed by atoms with van der Waals surface area (Å²) in [7, 11) is 2.66. The van der Waals surface area contributed by atoms with Crippen LogP contribution in [-0.4, -0.2) is 66.6 Å². The zero-order valence-electron chi connectivity index (χ0n) is 28.6. The number of unbranched alkanes of at least 4 members (excludes halogenated alkanes) is 8. The quantitative estimate of drug-likeness (QED) is 0.0869. The molecule has 7 nitrogen and oxygen atoms in total. The van der Waals surface area contributed by atoms with Crippen molar-refractivity contribution in [2.24, 2.45) is 15.4 Å². The Balaban J connectivity index is 1.15. The number of ether oxygens (including phenoxy) is 2. The number of hydrogen-bond donors (Lipinski definition) is 0. The van der Waals surface area contributed by atoms with Crippen molar-refractivity contribution < 1.29 is 22.8 Å². The Morgan fingerprint density at radius 1 is 0.652 bits per heavy atom. The standard InChI is InChI=1S/C37H56N2O5SSi/c1-37(35-38-33(29-43-35)31-21-14-12-15-22-31,36-39-34(30-44-36)32-23-16-13-17-24-32)25-18-10-8-6-5-7-9-11-19-26-45-27-20-28-46(40-2,41-3)42-4/h12-17,21-24,33-34H,5-11,18-20,25-30H2,1-4H3/t33-,34-/m0/s1. The minimum atomic E-state index is -2.41. The number of rotatable bonds is 23. The maximum Gasteiger partial charge on any atom is 0.500 e. The van der Waals surface area contributed by atoms with Gasteiger partial charge in [-0.2, -0.15) is 11.8 Å². The van der Waals surface area contributed by atoms with Gasteiger partial charge in [-0.15, -0.1) is 0 Å². The molecule has 0 saturated heterocycles. The van der Waals surface area contributed by atoms with Gasteiger partial charge in [0.1, 0.15) is 30.7 Å². The molecular formula is C37H56N2O5SSi. The molecule has 0 bridgehead atoms. The highest BCUT2D eigenvalue weighted by Gasteiger charge is 2.45. The summed E-state index contributed by atoms with van der Waals surface area (Å²) < 4.78 is 29.1. The summed E-state index contributed by atoms with van der Waals surface area (Å²) in [5.74, 6) is 3.94. The smallest absolute Gasteiger partial charge is 0.478 e. The molecule has 4 rings (SSSR count). The molecule has 0 N–H and O–H groups in total. The summed E-state index contributed by atoms with van der Waals surface area (Å²) in [4.78, 5) is 10.2. The predicted octanol–water partition coefficient (Wildman–Crippen LogP) is 9.24. The lowest BCUT2D eigenvalue weighted by Gasteiger charge is -2.28. The van der Waals surface area contributed by atoms with Crippen LogP contribution in [0.25, 0.3) is 0 Å². The van der Waals surface area contributed by atoms with Crippen LogP contribution in [-0.2, 0) is 22.8 Å². The lowest BCUT2D eigenvalue weighted by atomic mass is 9.83. The second-order valence-corrected chi connectivity index (χ2v) is 16.9. The highest BCUT2D eigenvalue weighted by molar-refractivity contribution is 7.99. The van der Waals surface area contributed by atoms with Crippen LogP contribution in [0.5, 0.6) is 0 Å². The SMILES string of the molecule is CO[Si](CCCSCCCCCCCCCCCC(C)(C1=N[C@H](c2ccccc2)CO1)C1=N[C@H](c2ccccc2)CO1)(OC)OC. The van der Waals surface area contributed by atoms with Crippen LogP contribution in [0, 0.1) is 5.41 Å². The Morgan fingerprint density at radius 2 is 1.09 bits per heavy atom. The molecule has 2 aliphatic heterocycles. The first-order valence-corrected chi connectivity index (χ1v) is 20.4. The molecule has 9 heteroatoms. The van der Waals surface area contributed by atoms with Crippen molar-refractivity contribution >= 4 is 32.4 Å². The van der Waals surface area contributed by atoms with Gasteiger partial charge >= 0.3 is 8.80 Å². The van der Waals surface area contributed by atoms with Gasteiger partial charge in [-0.1, -0.05) is 112 Å². The van der Waals surface area contributed by atoms with E-state index in [1.54, 1.807) is 21.3 Å². The molecule has 0 spiro atoms. The third-order valence-electron chi connectivity index (χ3n) is 9.28. The predicted molar refractivity (Wildman–Crippen MR) is 193 cm³/mol. The molecule has 46 heavy (non-hydrogen) atoms. The van der Waals surface area contributed by atoms with E-state index in [2.05, 4.69) is 55.5 Å². The van der Waals surface area contributed by atoms with Crippen LogP contribution in [0.15, 0.2) is 70.6 Å². The molecule has 2 aromatic rings. The highest BCUT2D eigenvalue weighted by atomic mass is 32.2. The Bertz CT molecular complexity index is 1120. The van der Waals surface area contributed by atoms with E-state index in [4.69, 9.17) is 32.7 Å². The van der Waals surface area contributed by atoms with Gasteiger partial charge in [-0.3, -0.25) is 0 Å². The molecule has 0 unspecified atom stereocenters. The van der Waals surface area contributed by atoms with Crippen LogP contribution in [0.3, 0.4) is 0 Å². The maximum atomic E-state index is 6.31. The van der Waals surface area contributed by atoms with Gasteiger partial charge in [0.15, 0.2) is 11.8 Å². The van der Waals surface area contributed by atoms with Crippen LogP contribution in [0.2, 0.25) is 6.04 Å². The first kappa shape index (κ1) is 36.7. The number of thioether (sulfide) groups is 1. The molecule has 0 amide bonds. The summed E-state index contributed by atoms with van der Waals surface area (Å²) in [6.07, 6.45) is 13.5. The van der Waals surface area contributed by atoms with Crippen LogP contribution in [0.1, 0.15) is 101 Å². The van der Waals surface area contributed by atoms with Gasteiger partial charge in [0, 0.05) is 27.4 Å². The highest BCUT2D eigenvalue weighted by Crippen LogP contribution is 2.39. The fourth-order valence-electron chi connectivity index (χ4n) is 6.32. The molecule has 2 aromatic carbocycles. The van der Waals surface area contributed by atoms with Crippen molar-refractivity contribution in [3.05, 3.63) is 71.8 Å². The Hall–Kier alpha value is -2.17. The second-order valence-electron chi connectivity index (χ2n) is 12.6. The van der Waals surface area contributed by atoms with E-state index in [1.807, 2.05) is 23.9 Å². The molecule has 0 aliphatic carbocycles. The minimum Gasteiger partial charge on any atom is -0.478 e. The Kier molecular flexibility index (Phi) is 15.6. The zero-order chi connectivity index (χ0) is 32.5. The van der Waals surface area contributed by atoms with Gasteiger partial charge in [0.05, 0.1) is 0 Å². The summed E-state index contributed by atoms with van der Waals surface area (Å²) >= 11 is 2.04. The molecular weight excluding hydrogens is 613 g/mol. The lowest BCUT2D eigenvalue weighted by molar-refractivity contribution is 0.123. The van der Waals surface area contributed by atoms with E-state index >= 15 is 0 Å². The van der Waals surface area contributed by atoms with Crippen molar-refractivity contribution in [3.8, 4) is 0 Å². The van der Waals surface area contributed by atoms with Crippen molar-refractivity contribution in [1.29, 1.82) is 0 Å². The summed E-state index contributed by atoms with van der Waals surface area (Å²) in [6.45, 7) is 3.36. The Labute approximate surface area is 283 Å². The Morgan fingerprint density at radius 3 is 1.57 bits per heavy atom. The molecule has 254 valence electrons. The number of aliphatic imine (C=N–C) groups is 2. The molecule has 0 radical (unpaired) electrons. The van der Waals surface area contributed by atoms with E-state index in [9.17, 15) is 0 Å². The topological polar surface area (TPSA) is 70.9 Å². The van der Waals surface area contributed by atoms with Crippen LogP contribution in [0.4, 0.5) is 0 Å². The van der Waals surface area contributed by atoms with E-state index < -0.39 is 14.2 Å². The van der Waals surface area contributed by atoms with Gasteiger partial charge < -0.3 is 22.8 Å². The van der Waals surface area contributed by atoms with Crippen LogP contribution >= 0.6 is 11.8 Å². The molecule has 0 aromatic heterocycles. The average molecular weight is 669 g/mol. The van der Waals surface area contributed by atoms with Gasteiger partial charge in [0.2, 0.25) is 0 Å². The molecule has 2 aliphatic rings. The monoisotopic (exact) mass is 668 g/mol. The van der Waals surface area contributed by atoms with Crippen molar-refractivity contribution in [2.45, 2.75) is 95.7 Å². The fourth-order valence-corrected chi connectivity index (χ4v) is 9.26. The normalized spacial score (nSPS) is 18.3. The number of nitrogens with zero attached hydrogens (tertiary/aromatic N) is 2. The maximum absolute atomic E-state index is 6.31. The van der Waals surface area contributed by atoms with Crippen LogP contribution < -0.4 is 0 Å². The van der Waals surface area contributed by atoms with Gasteiger partial charge in [0.25, 0.3) is 0 Å².